The SMILES string of the molecule is Cc1nc(NC(=O)NC2CC=CC2)nn1-c1ccccc1. The molecule has 1 aliphatic carbocycles. The first-order chi connectivity index (χ1) is 10.2. The Morgan fingerprint density at radius 3 is 2.67 bits per heavy atom. The van der Waals surface area contributed by atoms with Crippen LogP contribution in [0.25, 0.3) is 5.69 Å². The lowest BCUT2D eigenvalue weighted by Gasteiger charge is -2.11. The molecule has 1 aromatic heterocycles. The monoisotopic (exact) mass is 283 g/mol. The van der Waals surface area contributed by atoms with E-state index in [9.17, 15) is 4.79 Å². The zero-order valence-electron chi connectivity index (χ0n) is 11.8. The van der Waals surface area contributed by atoms with E-state index in [0.717, 1.165) is 24.4 Å². The Labute approximate surface area is 122 Å². The van der Waals surface area contributed by atoms with Crippen LogP contribution in [0, 0.1) is 6.92 Å². The molecule has 0 unspecified atom stereocenters. The molecule has 0 radical (unpaired) electrons. The summed E-state index contributed by atoms with van der Waals surface area (Å²) in [4.78, 5) is 16.2. The molecular weight excluding hydrogens is 266 g/mol. The molecule has 0 aliphatic heterocycles. The van der Waals surface area contributed by atoms with E-state index in [4.69, 9.17) is 0 Å². The molecule has 0 bridgehead atoms. The predicted octanol–water partition coefficient (Wildman–Crippen LogP) is 2.42. The fourth-order valence-electron chi connectivity index (χ4n) is 2.31. The van der Waals surface area contributed by atoms with Crippen LogP contribution in [-0.2, 0) is 0 Å². The van der Waals surface area contributed by atoms with Crippen LogP contribution < -0.4 is 10.6 Å². The number of amides is 2. The lowest BCUT2D eigenvalue weighted by Crippen LogP contribution is -2.36. The molecule has 0 saturated carbocycles. The molecule has 21 heavy (non-hydrogen) atoms. The highest BCUT2D eigenvalue weighted by molar-refractivity contribution is 5.87. The molecular formula is C15H17N5O. The van der Waals surface area contributed by atoms with Crippen LogP contribution in [0.3, 0.4) is 0 Å². The summed E-state index contributed by atoms with van der Waals surface area (Å²) >= 11 is 0. The van der Waals surface area contributed by atoms with Crippen molar-refractivity contribution in [3.8, 4) is 5.69 Å². The molecule has 1 aromatic carbocycles. The van der Waals surface area contributed by atoms with Gasteiger partial charge >= 0.3 is 6.03 Å². The summed E-state index contributed by atoms with van der Waals surface area (Å²) < 4.78 is 1.70. The molecule has 0 atom stereocenters. The third-order valence-electron chi connectivity index (χ3n) is 3.34. The smallest absolute Gasteiger partial charge is 0.321 e. The molecule has 2 N–H and O–H groups in total. The first-order valence-corrected chi connectivity index (χ1v) is 6.94. The highest BCUT2D eigenvalue weighted by atomic mass is 16.2. The first kappa shape index (κ1) is 13.4. The van der Waals surface area contributed by atoms with Crippen molar-refractivity contribution >= 4 is 12.0 Å². The maximum atomic E-state index is 11.9. The highest BCUT2D eigenvalue weighted by Crippen LogP contribution is 2.12. The molecule has 1 aliphatic rings. The van der Waals surface area contributed by atoms with Gasteiger partial charge in [0.05, 0.1) is 5.69 Å². The minimum atomic E-state index is -0.270. The van der Waals surface area contributed by atoms with Gasteiger partial charge in [-0.05, 0) is 31.9 Å². The Morgan fingerprint density at radius 2 is 1.95 bits per heavy atom. The number of anilines is 1. The number of benzene rings is 1. The quantitative estimate of drug-likeness (QED) is 0.850. The van der Waals surface area contributed by atoms with Gasteiger partial charge in [0.25, 0.3) is 5.95 Å². The Kier molecular flexibility index (Phi) is 3.68. The van der Waals surface area contributed by atoms with Crippen molar-refractivity contribution in [2.75, 3.05) is 5.32 Å². The Balaban J connectivity index is 1.68. The fourth-order valence-corrected chi connectivity index (χ4v) is 2.31. The summed E-state index contributed by atoms with van der Waals surface area (Å²) in [6.07, 6.45) is 5.88. The van der Waals surface area contributed by atoms with E-state index in [1.54, 1.807) is 4.68 Å². The second-order valence-electron chi connectivity index (χ2n) is 4.97. The zero-order chi connectivity index (χ0) is 14.7. The zero-order valence-corrected chi connectivity index (χ0v) is 11.8. The topological polar surface area (TPSA) is 71.8 Å². The highest BCUT2D eigenvalue weighted by Gasteiger charge is 2.15. The Bertz CT molecular complexity index is 654. The van der Waals surface area contributed by atoms with Gasteiger partial charge in [-0.2, -0.15) is 4.98 Å². The van der Waals surface area contributed by atoms with Crippen LogP contribution in [0.4, 0.5) is 10.7 Å². The molecule has 0 spiro atoms. The number of hydrogen-bond acceptors (Lipinski definition) is 3. The number of para-hydroxylation sites is 1. The molecule has 3 rings (SSSR count). The summed E-state index contributed by atoms with van der Waals surface area (Å²) in [6.45, 7) is 1.85. The van der Waals surface area contributed by atoms with Crippen molar-refractivity contribution < 1.29 is 4.79 Å². The lowest BCUT2D eigenvalue weighted by atomic mass is 10.2. The maximum Gasteiger partial charge on any atom is 0.321 e. The summed E-state index contributed by atoms with van der Waals surface area (Å²) in [6, 6.07) is 9.59. The van der Waals surface area contributed by atoms with Gasteiger partial charge in [0.2, 0.25) is 0 Å². The van der Waals surface area contributed by atoms with Crippen LogP contribution >= 0.6 is 0 Å². The van der Waals surface area contributed by atoms with Crippen LogP contribution in [-0.4, -0.2) is 26.8 Å². The van der Waals surface area contributed by atoms with Crippen LogP contribution in [0.5, 0.6) is 0 Å². The number of aryl methyl sites for hydroxylation is 1. The summed E-state index contributed by atoms with van der Waals surface area (Å²) in [5.74, 6) is 1.03. The molecule has 108 valence electrons. The van der Waals surface area contributed by atoms with Crippen molar-refractivity contribution in [3.63, 3.8) is 0 Å². The molecule has 2 aromatic rings. The summed E-state index contributed by atoms with van der Waals surface area (Å²) in [5.41, 5.74) is 0.913. The number of rotatable bonds is 3. The largest absolute Gasteiger partial charge is 0.334 e. The number of aromatic nitrogens is 3. The van der Waals surface area contributed by atoms with Crippen molar-refractivity contribution in [2.24, 2.45) is 0 Å². The number of carbonyl (C=O) groups excluding carboxylic acids is 1. The second kappa shape index (κ2) is 5.78. The van der Waals surface area contributed by atoms with Crippen molar-refractivity contribution in [1.29, 1.82) is 0 Å². The standard InChI is InChI=1S/C15H17N5O/c1-11-16-14(18-15(21)17-12-7-5-6-8-12)19-20(11)13-9-3-2-4-10-13/h2-6,9-10,12H,7-8H2,1H3,(H2,17,18,19,21). The summed E-state index contributed by atoms with van der Waals surface area (Å²) in [7, 11) is 0. The van der Waals surface area contributed by atoms with Crippen molar-refractivity contribution in [1.82, 2.24) is 20.1 Å². The summed E-state index contributed by atoms with van der Waals surface area (Å²) in [5, 5.41) is 9.89. The molecule has 2 amide bonds. The van der Waals surface area contributed by atoms with E-state index < -0.39 is 0 Å². The van der Waals surface area contributed by atoms with E-state index >= 15 is 0 Å². The maximum absolute atomic E-state index is 11.9. The predicted molar refractivity (Wildman–Crippen MR) is 80.4 cm³/mol. The van der Waals surface area contributed by atoms with E-state index in [1.165, 1.54) is 0 Å². The normalized spacial score (nSPS) is 14.3. The average Bonchev–Trinajstić information content (AvgIpc) is 3.09. The number of carbonyl (C=O) groups is 1. The van der Waals surface area contributed by atoms with Crippen molar-refractivity contribution in [2.45, 2.75) is 25.8 Å². The minimum Gasteiger partial charge on any atom is -0.334 e. The van der Waals surface area contributed by atoms with Gasteiger partial charge in [0.15, 0.2) is 0 Å². The fraction of sp³-hybridized carbons (Fsp3) is 0.267. The van der Waals surface area contributed by atoms with E-state index in [2.05, 4.69) is 32.9 Å². The van der Waals surface area contributed by atoms with Crippen LogP contribution in [0.1, 0.15) is 18.7 Å². The van der Waals surface area contributed by atoms with Gasteiger partial charge in [-0.25, -0.2) is 9.48 Å². The van der Waals surface area contributed by atoms with Gasteiger partial charge in [-0.1, -0.05) is 30.4 Å². The number of hydrogen-bond donors (Lipinski definition) is 2. The molecule has 6 heteroatoms. The van der Waals surface area contributed by atoms with E-state index in [1.807, 2.05) is 37.3 Å². The van der Waals surface area contributed by atoms with Crippen LogP contribution in [0.15, 0.2) is 42.5 Å². The Hall–Kier alpha value is -2.63. The third-order valence-corrected chi connectivity index (χ3v) is 3.34. The average molecular weight is 283 g/mol. The number of urea groups is 1. The van der Waals surface area contributed by atoms with Gasteiger partial charge in [-0.15, -0.1) is 5.10 Å². The minimum absolute atomic E-state index is 0.169. The van der Waals surface area contributed by atoms with Gasteiger partial charge in [-0.3, -0.25) is 5.32 Å². The second-order valence-corrected chi connectivity index (χ2v) is 4.97. The van der Waals surface area contributed by atoms with Crippen molar-refractivity contribution in [3.05, 3.63) is 48.3 Å². The van der Waals surface area contributed by atoms with E-state index in [0.29, 0.717) is 5.95 Å². The molecule has 6 nitrogen and oxygen atoms in total. The van der Waals surface area contributed by atoms with Gasteiger partial charge < -0.3 is 5.32 Å². The number of nitrogens with one attached hydrogen (secondary N) is 2. The number of nitrogens with zero attached hydrogens (tertiary/aromatic N) is 3. The van der Waals surface area contributed by atoms with E-state index in [-0.39, 0.29) is 12.1 Å². The first-order valence-electron chi connectivity index (χ1n) is 6.94. The molecule has 1 heterocycles. The molecule has 0 fully saturated rings. The third kappa shape index (κ3) is 3.10. The Morgan fingerprint density at radius 1 is 1.24 bits per heavy atom. The molecule has 0 saturated heterocycles. The van der Waals surface area contributed by atoms with Gasteiger partial charge in [0, 0.05) is 6.04 Å². The van der Waals surface area contributed by atoms with Gasteiger partial charge in [0.1, 0.15) is 5.82 Å². The lowest BCUT2D eigenvalue weighted by molar-refractivity contribution is 0.248. The van der Waals surface area contributed by atoms with Crippen LogP contribution in [0.2, 0.25) is 0 Å².